The topological polar surface area (TPSA) is 41.6 Å². The fourth-order valence-corrected chi connectivity index (χ4v) is 3.56. The van der Waals surface area contributed by atoms with Crippen LogP contribution in [0, 0.1) is 0 Å². The van der Waals surface area contributed by atoms with Crippen LogP contribution in [-0.2, 0) is 17.9 Å². The lowest BCUT2D eigenvalue weighted by molar-refractivity contribution is -0.123. The molecular weight excluding hydrogens is 348 g/mol. The first-order chi connectivity index (χ1) is 13.6. The zero-order chi connectivity index (χ0) is 19.8. The third-order valence-electron chi connectivity index (χ3n) is 5.25. The minimum absolute atomic E-state index is 0.0362. The van der Waals surface area contributed by atoms with Gasteiger partial charge >= 0.3 is 0 Å². The molecule has 0 unspecified atom stereocenters. The van der Waals surface area contributed by atoms with Crippen LogP contribution in [0.3, 0.4) is 0 Å². The first-order valence-corrected chi connectivity index (χ1v) is 10.4. The maximum absolute atomic E-state index is 12.1. The van der Waals surface area contributed by atoms with Crippen molar-refractivity contribution in [3.8, 4) is 5.75 Å². The molecule has 1 aliphatic heterocycles. The number of likely N-dealkylation sites (tertiary alicyclic amines) is 1. The lowest BCUT2D eigenvalue weighted by atomic mass is 10.0. The summed E-state index contributed by atoms with van der Waals surface area (Å²) >= 11 is 0. The molecule has 3 rings (SSSR count). The van der Waals surface area contributed by atoms with Gasteiger partial charge in [-0.1, -0.05) is 56.7 Å². The van der Waals surface area contributed by atoms with Crippen molar-refractivity contribution in [2.45, 2.75) is 52.1 Å². The van der Waals surface area contributed by atoms with Crippen molar-refractivity contribution in [1.82, 2.24) is 10.2 Å². The van der Waals surface area contributed by atoms with Gasteiger partial charge in [0.05, 0.1) is 0 Å². The Bertz CT molecular complexity index is 749. The minimum Gasteiger partial charge on any atom is -0.484 e. The summed E-state index contributed by atoms with van der Waals surface area (Å²) in [6.45, 7) is 8.26. The number of hydrogen-bond acceptors (Lipinski definition) is 3. The summed E-state index contributed by atoms with van der Waals surface area (Å²) in [6.07, 6.45) is 3.96. The molecular formula is C24H32N2O2. The second-order valence-electron chi connectivity index (χ2n) is 7.95. The van der Waals surface area contributed by atoms with Gasteiger partial charge in [0.15, 0.2) is 6.61 Å². The van der Waals surface area contributed by atoms with Crippen LogP contribution in [0.2, 0.25) is 0 Å². The molecule has 0 aromatic heterocycles. The molecule has 1 saturated heterocycles. The number of carbonyl (C=O) groups is 1. The second kappa shape index (κ2) is 10.3. The Kier molecular flexibility index (Phi) is 7.49. The van der Waals surface area contributed by atoms with Crippen molar-refractivity contribution in [2.75, 3.05) is 19.7 Å². The van der Waals surface area contributed by atoms with E-state index in [1.165, 1.54) is 43.5 Å². The molecule has 0 atom stereocenters. The Morgan fingerprint density at radius 3 is 2.46 bits per heavy atom. The molecule has 0 saturated carbocycles. The molecule has 4 heteroatoms. The van der Waals surface area contributed by atoms with Crippen LogP contribution < -0.4 is 10.1 Å². The Hall–Kier alpha value is -2.33. The first kappa shape index (κ1) is 20.4. The van der Waals surface area contributed by atoms with Crippen LogP contribution in [0.5, 0.6) is 5.75 Å². The second-order valence-corrected chi connectivity index (χ2v) is 7.95. The van der Waals surface area contributed by atoms with Crippen LogP contribution in [0.25, 0.3) is 0 Å². The highest BCUT2D eigenvalue weighted by Gasteiger charge is 2.11. The van der Waals surface area contributed by atoms with Crippen molar-refractivity contribution in [3.63, 3.8) is 0 Å². The number of hydrogen-bond donors (Lipinski definition) is 1. The van der Waals surface area contributed by atoms with Crippen LogP contribution in [0.4, 0.5) is 0 Å². The molecule has 2 aromatic rings. The summed E-state index contributed by atoms with van der Waals surface area (Å²) < 4.78 is 5.60. The van der Waals surface area contributed by atoms with Crippen LogP contribution in [0.1, 0.15) is 55.7 Å². The Morgan fingerprint density at radius 1 is 1.04 bits per heavy atom. The molecule has 1 N–H and O–H groups in total. The number of ether oxygens (including phenoxy) is 1. The van der Waals surface area contributed by atoms with E-state index in [0.717, 1.165) is 17.9 Å². The standard InChI is InChI=1S/C24H32N2O2/c1-19(2)22-9-11-23(12-10-22)28-18-24(27)25-16-20-7-6-8-21(15-20)17-26-13-4-3-5-14-26/h6-12,15,19H,3-5,13-14,16-18H2,1-2H3,(H,25,27). The summed E-state index contributed by atoms with van der Waals surface area (Å²) in [5.74, 6) is 1.11. The maximum atomic E-state index is 12.1. The predicted octanol–water partition coefficient (Wildman–Crippen LogP) is 4.49. The van der Waals surface area contributed by atoms with Crippen molar-refractivity contribution < 1.29 is 9.53 Å². The van der Waals surface area contributed by atoms with Crippen molar-refractivity contribution in [3.05, 3.63) is 65.2 Å². The van der Waals surface area contributed by atoms with Crippen molar-refractivity contribution in [1.29, 1.82) is 0 Å². The highest BCUT2D eigenvalue weighted by Crippen LogP contribution is 2.18. The van der Waals surface area contributed by atoms with Gasteiger partial charge in [0.2, 0.25) is 0 Å². The van der Waals surface area contributed by atoms with E-state index in [1.807, 2.05) is 24.3 Å². The number of carbonyl (C=O) groups excluding carboxylic acids is 1. The van der Waals surface area contributed by atoms with Gasteiger partial charge in [-0.2, -0.15) is 0 Å². The summed E-state index contributed by atoms with van der Waals surface area (Å²) in [5, 5.41) is 2.95. The Balaban J connectivity index is 1.43. The van der Waals surface area contributed by atoms with Gasteiger partial charge in [-0.3, -0.25) is 9.69 Å². The average Bonchev–Trinajstić information content (AvgIpc) is 2.72. The minimum atomic E-state index is -0.102. The number of rotatable bonds is 8. The molecule has 0 radical (unpaired) electrons. The van der Waals surface area contributed by atoms with Crippen molar-refractivity contribution >= 4 is 5.91 Å². The predicted molar refractivity (Wildman–Crippen MR) is 113 cm³/mol. The number of nitrogens with one attached hydrogen (secondary N) is 1. The fraction of sp³-hybridized carbons (Fsp3) is 0.458. The fourth-order valence-electron chi connectivity index (χ4n) is 3.56. The molecule has 1 aliphatic rings. The van der Waals surface area contributed by atoms with Gasteiger partial charge in [0.25, 0.3) is 5.91 Å². The molecule has 1 heterocycles. The van der Waals surface area contributed by atoms with Gasteiger partial charge in [-0.25, -0.2) is 0 Å². The summed E-state index contributed by atoms with van der Waals surface area (Å²) in [7, 11) is 0. The highest BCUT2D eigenvalue weighted by molar-refractivity contribution is 5.77. The molecule has 0 bridgehead atoms. The van der Waals surface area contributed by atoms with E-state index < -0.39 is 0 Å². The third kappa shape index (κ3) is 6.38. The number of nitrogens with zero attached hydrogens (tertiary/aromatic N) is 1. The third-order valence-corrected chi connectivity index (χ3v) is 5.25. The van der Waals surface area contributed by atoms with Gasteiger partial charge in [-0.15, -0.1) is 0 Å². The van der Waals surface area contributed by atoms with Gasteiger partial charge in [0, 0.05) is 13.1 Å². The average molecular weight is 381 g/mol. The Morgan fingerprint density at radius 2 is 1.75 bits per heavy atom. The van der Waals surface area contributed by atoms with E-state index in [2.05, 4.69) is 48.3 Å². The molecule has 2 aromatic carbocycles. The van der Waals surface area contributed by atoms with E-state index in [4.69, 9.17) is 4.74 Å². The monoisotopic (exact) mass is 380 g/mol. The lowest BCUT2D eigenvalue weighted by Gasteiger charge is -2.26. The molecule has 0 spiro atoms. The largest absolute Gasteiger partial charge is 0.484 e. The molecule has 1 amide bonds. The van der Waals surface area contributed by atoms with Crippen molar-refractivity contribution in [2.24, 2.45) is 0 Å². The first-order valence-electron chi connectivity index (χ1n) is 10.4. The summed E-state index contributed by atoms with van der Waals surface area (Å²) in [4.78, 5) is 14.6. The summed E-state index contributed by atoms with van der Waals surface area (Å²) in [6, 6.07) is 16.4. The van der Waals surface area contributed by atoms with E-state index in [0.29, 0.717) is 12.5 Å². The normalized spacial score (nSPS) is 14.8. The van der Waals surface area contributed by atoms with Gasteiger partial charge in [0.1, 0.15) is 5.75 Å². The zero-order valence-corrected chi connectivity index (χ0v) is 17.1. The SMILES string of the molecule is CC(C)c1ccc(OCC(=O)NCc2cccc(CN3CCCCC3)c2)cc1. The van der Waals surface area contributed by atoms with E-state index in [-0.39, 0.29) is 12.5 Å². The maximum Gasteiger partial charge on any atom is 0.258 e. The summed E-state index contributed by atoms with van der Waals surface area (Å²) in [5.41, 5.74) is 3.71. The van der Waals surface area contributed by atoms with E-state index >= 15 is 0 Å². The molecule has 28 heavy (non-hydrogen) atoms. The van der Waals surface area contributed by atoms with Gasteiger partial charge < -0.3 is 10.1 Å². The van der Waals surface area contributed by atoms with Crippen LogP contribution in [0.15, 0.2) is 48.5 Å². The smallest absolute Gasteiger partial charge is 0.258 e. The molecule has 1 fully saturated rings. The van der Waals surface area contributed by atoms with Crippen LogP contribution >= 0.6 is 0 Å². The number of benzene rings is 2. The Labute approximate surface area is 168 Å². The number of piperidine rings is 1. The van der Waals surface area contributed by atoms with Crippen LogP contribution in [-0.4, -0.2) is 30.5 Å². The zero-order valence-electron chi connectivity index (χ0n) is 17.1. The van der Waals surface area contributed by atoms with E-state index in [1.54, 1.807) is 0 Å². The number of amides is 1. The quantitative estimate of drug-likeness (QED) is 0.734. The van der Waals surface area contributed by atoms with Gasteiger partial charge in [-0.05, 0) is 60.7 Å². The lowest BCUT2D eigenvalue weighted by Crippen LogP contribution is -2.29. The highest BCUT2D eigenvalue weighted by atomic mass is 16.5. The molecule has 4 nitrogen and oxygen atoms in total. The molecule has 150 valence electrons. The van der Waals surface area contributed by atoms with E-state index in [9.17, 15) is 4.79 Å². The molecule has 0 aliphatic carbocycles.